The molecule has 0 spiro atoms. The normalized spacial score (nSPS) is 11.3. The molecule has 0 fully saturated rings. The van der Waals surface area contributed by atoms with Crippen molar-refractivity contribution in [3.8, 4) is 17.0 Å². The molecule has 0 aliphatic carbocycles. The highest BCUT2D eigenvalue weighted by atomic mass is 32.1. The van der Waals surface area contributed by atoms with Gasteiger partial charge in [-0.2, -0.15) is 4.98 Å². The molecule has 0 unspecified atom stereocenters. The molecule has 0 bridgehead atoms. The fourth-order valence-corrected chi connectivity index (χ4v) is 4.08. The Morgan fingerprint density at radius 1 is 1.23 bits per heavy atom. The Labute approximate surface area is 175 Å². The van der Waals surface area contributed by atoms with Crippen LogP contribution < -0.4 is 10.1 Å². The zero-order valence-electron chi connectivity index (χ0n) is 16.2. The van der Waals surface area contributed by atoms with E-state index in [1.54, 1.807) is 11.6 Å². The number of nitrogens with zero attached hydrogens (tertiary/aromatic N) is 4. The summed E-state index contributed by atoms with van der Waals surface area (Å²) in [6, 6.07) is 13.4. The van der Waals surface area contributed by atoms with Crippen LogP contribution in [0, 0.1) is 6.92 Å². The van der Waals surface area contributed by atoms with Gasteiger partial charge in [0.1, 0.15) is 11.4 Å². The first kappa shape index (κ1) is 18.3. The average Bonchev–Trinajstić information content (AvgIpc) is 3.43. The van der Waals surface area contributed by atoms with E-state index < -0.39 is 0 Å². The number of anilines is 1. The molecule has 5 aromatic rings. The number of fused-ring (bicyclic) bond motifs is 2. The van der Waals surface area contributed by atoms with Crippen LogP contribution in [0.3, 0.4) is 0 Å². The molecule has 3 heterocycles. The van der Waals surface area contributed by atoms with Crippen LogP contribution in [0.4, 0.5) is 5.95 Å². The summed E-state index contributed by atoms with van der Waals surface area (Å²) in [4.78, 5) is 17.6. The van der Waals surface area contributed by atoms with Gasteiger partial charge < -0.3 is 9.26 Å². The highest BCUT2D eigenvalue weighted by Gasteiger charge is 2.16. The Bertz CT molecular complexity index is 1370. The van der Waals surface area contributed by atoms with Crippen molar-refractivity contribution < 1.29 is 14.1 Å². The van der Waals surface area contributed by atoms with Crippen LogP contribution in [-0.4, -0.2) is 32.8 Å². The summed E-state index contributed by atoms with van der Waals surface area (Å²) in [6.45, 7) is 1.98. The topological polar surface area (TPSA) is 94.5 Å². The summed E-state index contributed by atoms with van der Waals surface area (Å²) < 4.78 is 12.2. The summed E-state index contributed by atoms with van der Waals surface area (Å²) in [6.07, 6.45) is 0.0780. The molecule has 0 atom stereocenters. The molecule has 9 heteroatoms. The quantitative estimate of drug-likeness (QED) is 0.461. The predicted molar refractivity (Wildman–Crippen MR) is 114 cm³/mol. The van der Waals surface area contributed by atoms with Crippen LogP contribution in [0.15, 0.2) is 52.4 Å². The van der Waals surface area contributed by atoms with Gasteiger partial charge in [0.2, 0.25) is 16.8 Å². The number of hydrogen-bond donors (Lipinski definition) is 1. The van der Waals surface area contributed by atoms with Gasteiger partial charge in [0.15, 0.2) is 5.58 Å². The second kappa shape index (κ2) is 7.27. The van der Waals surface area contributed by atoms with Crippen molar-refractivity contribution in [2.24, 2.45) is 0 Å². The molecule has 1 N–H and O–H groups in total. The highest BCUT2D eigenvalue weighted by Crippen LogP contribution is 2.27. The number of methoxy groups -OCH3 is 1. The molecule has 0 saturated heterocycles. The third-order valence-corrected chi connectivity index (χ3v) is 5.56. The molecule has 0 radical (unpaired) electrons. The minimum Gasteiger partial charge on any atom is -0.497 e. The second-order valence-corrected chi connectivity index (χ2v) is 7.67. The first-order valence-corrected chi connectivity index (χ1v) is 10.1. The maximum absolute atomic E-state index is 12.5. The Balaban J connectivity index is 1.36. The lowest BCUT2D eigenvalue weighted by Gasteiger charge is -2.02. The molecular formula is C21H17N5O3S. The zero-order chi connectivity index (χ0) is 20.7. The zero-order valence-corrected chi connectivity index (χ0v) is 17.1. The van der Waals surface area contributed by atoms with Crippen molar-refractivity contribution in [3.05, 3.63) is 59.1 Å². The lowest BCUT2D eigenvalue weighted by atomic mass is 10.1. The average molecular weight is 419 g/mol. The van der Waals surface area contributed by atoms with Gasteiger partial charge in [-0.3, -0.25) is 10.1 Å². The fraction of sp³-hybridized carbons (Fsp3) is 0.143. The van der Waals surface area contributed by atoms with Gasteiger partial charge in [0.25, 0.3) is 0 Å². The minimum atomic E-state index is -0.254. The Kier molecular flexibility index (Phi) is 4.44. The molecule has 5 rings (SSSR count). The lowest BCUT2D eigenvalue weighted by molar-refractivity contribution is -0.115. The number of hydrogen-bond acceptors (Lipinski definition) is 7. The molecule has 30 heavy (non-hydrogen) atoms. The third-order valence-electron chi connectivity index (χ3n) is 4.75. The summed E-state index contributed by atoms with van der Waals surface area (Å²) in [5.74, 6) is 0.786. The van der Waals surface area contributed by atoms with Crippen LogP contribution in [0.2, 0.25) is 0 Å². The summed E-state index contributed by atoms with van der Waals surface area (Å²) >= 11 is 1.45. The first-order valence-electron chi connectivity index (χ1n) is 9.24. The van der Waals surface area contributed by atoms with Crippen LogP contribution in [-0.2, 0) is 11.2 Å². The van der Waals surface area contributed by atoms with E-state index >= 15 is 0 Å². The molecular weight excluding hydrogens is 402 g/mol. The fourth-order valence-electron chi connectivity index (χ4n) is 3.25. The van der Waals surface area contributed by atoms with Crippen LogP contribution in [0.1, 0.15) is 11.3 Å². The maximum atomic E-state index is 12.5. The molecule has 3 aromatic heterocycles. The summed E-state index contributed by atoms with van der Waals surface area (Å²) in [5.41, 5.74) is 4.20. The van der Waals surface area contributed by atoms with Crippen LogP contribution in [0.5, 0.6) is 5.75 Å². The first-order chi connectivity index (χ1) is 14.6. The molecule has 1 amide bonds. The van der Waals surface area contributed by atoms with E-state index in [4.69, 9.17) is 9.26 Å². The van der Waals surface area contributed by atoms with Crippen molar-refractivity contribution >= 4 is 39.1 Å². The van der Waals surface area contributed by atoms with Crippen LogP contribution >= 0.6 is 11.3 Å². The van der Waals surface area contributed by atoms with E-state index in [9.17, 15) is 4.79 Å². The number of carbonyl (C=O) groups excluding carboxylic acids is 1. The van der Waals surface area contributed by atoms with Gasteiger partial charge in [-0.1, -0.05) is 16.8 Å². The van der Waals surface area contributed by atoms with Gasteiger partial charge in [-0.15, -0.1) is 16.4 Å². The monoisotopic (exact) mass is 419 g/mol. The number of rotatable bonds is 5. The Hall–Kier alpha value is -3.72. The molecule has 0 aliphatic heterocycles. The summed E-state index contributed by atoms with van der Waals surface area (Å²) in [5, 5.41) is 14.0. The number of ether oxygens (including phenoxy) is 1. The van der Waals surface area contributed by atoms with E-state index in [2.05, 4.69) is 20.6 Å². The highest BCUT2D eigenvalue weighted by molar-refractivity contribution is 7.15. The minimum absolute atomic E-state index is 0.0780. The predicted octanol–water partition coefficient (Wildman–Crippen LogP) is 4.10. The van der Waals surface area contributed by atoms with E-state index in [1.807, 2.05) is 54.8 Å². The van der Waals surface area contributed by atoms with Gasteiger partial charge in [0.05, 0.1) is 19.2 Å². The van der Waals surface area contributed by atoms with Crippen molar-refractivity contribution in [2.75, 3.05) is 12.4 Å². The second-order valence-electron chi connectivity index (χ2n) is 6.83. The van der Waals surface area contributed by atoms with E-state index in [0.717, 1.165) is 28.0 Å². The van der Waals surface area contributed by atoms with Gasteiger partial charge in [0, 0.05) is 16.3 Å². The standard InChI is InChI=1S/C21H17N5O3S/c1-12-3-8-18-15(9-12)16(25-29-18)10-19(27)22-20-23-21-26(24-20)17(11-30-21)13-4-6-14(28-2)7-5-13/h3-9,11H,10H2,1-2H3,(H,22,24,27). The van der Waals surface area contributed by atoms with Crippen LogP contribution in [0.25, 0.3) is 27.2 Å². The van der Waals surface area contributed by atoms with Crippen molar-refractivity contribution in [1.82, 2.24) is 19.8 Å². The van der Waals surface area contributed by atoms with Gasteiger partial charge in [-0.25, -0.2) is 4.52 Å². The number of thiazole rings is 1. The SMILES string of the molecule is COc1ccc(-c2csc3nc(NC(=O)Cc4noc5ccc(C)cc45)nn23)cc1. The van der Waals surface area contributed by atoms with Crippen molar-refractivity contribution in [2.45, 2.75) is 13.3 Å². The number of nitrogens with one attached hydrogen (secondary N) is 1. The Morgan fingerprint density at radius 3 is 2.87 bits per heavy atom. The molecule has 150 valence electrons. The largest absolute Gasteiger partial charge is 0.497 e. The molecule has 8 nitrogen and oxygen atoms in total. The number of aryl methyl sites for hydroxylation is 1. The van der Waals surface area contributed by atoms with E-state index in [0.29, 0.717) is 16.2 Å². The number of amides is 1. The molecule has 0 saturated carbocycles. The summed E-state index contributed by atoms with van der Waals surface area (Å²) in [7, 11) is 1.63. The van der Waals surface area contributed by atoms with E-state index in [-0.39, 0.29) is 18.3 Å². The van der Waals surface area contributed by atoms with Gasteiger partial charge >= 0.3 is 0 Å². The van der Waals surface area contributed by atoms with Crippen molar-refractivity contribution in [1.29, 1.82) is 0 Å². The van der Waals surface area contributed by atoms with Crippen molar-refractivity contribution in [3.63, 3.8) is 0 Å². The third kappa shape index (κ3) is 3.29. The Morgan fingerprint density at radius 2 is 2.07 bits per heavy atom. The van der Waals surface area contributed by atoms with E-state index in [1.165, 1.54) is 11.3 Å². The smallest absolute Gasteiger partial charge is 0.250 e. The lowest BCUT2D eigenvalue weighted by Crippen LogP contribution is -2.15. The molecule has 0 aliphatic rings. The number of carbonyl (C=O) groups is 1. The maximum Gasteiger partial charge on any atom is 0.250 e. The number of aromatic nitrogens is 4. The molecule has 2 aromatic carbocycles. The number of benzene rings is 2. The van der Waals surface area contributed by atoms with Gasteiger partial charge in [-0.05, 0) is 43.3 Å².